The van der Waals surface area contributed by atoms with Crippen molar-refractivity contribution in [3.63, 3.8) is 0 Å². The number of aromatic nitrogens is 1. The average Bonchev–Trinajstić information content (AvgIpc) is 2.94. The van der Waals surface area contributed by atoms with E-state index in [-0.39, 0.29) is 11.8 Å². The molecule has 4 nitrogen and oxygen atoms in total. The largest absolute Gasteiger partial charge is 0.357 e. The molecule has 0 aromatic carbocycles. The Balaban J connectivity index is 1.52. The van der Waals surface area contributed by atoms with E-state index < -0.39 is 0 Å². The number of anilines is 1. The summed E-state index contributed by atoms with van der Waals surface area (Å²) in [7, 11) is 0. The van der Waals surface area contributed by atoms with Gasteiger partial charge < -0.3 is 10.2 Å². The first kappa shape index (κ1) is 12.5. The first-order valence-electron chi connectivity index (χ1n) is 7.21. The minimum Gasteiger partial charge on any atom is -0.357 e. The molecule has 1 aromatic rings. The van der Waals surface area contributed by atoms with Crippen LogP contribution in [0.2, 0.25) is 0 Å². The Morgan fingerprint density at radius 3 is 2.74 bits per heavy atom. The highest BCUT2D eigenvalue weighted by Crippen LogP contribution is 2.37. The minimum atomic E-state index is 0.191. The summed E-state index contributed by atoms with van der Waals surface area (Å²) in [6.07, 6.45) is 5.44. The molecule has 3 rings (SSSR count). The SMILES string of the molecule is CC1CC1C(=O)NCc1ccc(N2CCCC2)nc1. The number of carbonyl (C=O) groups excluding carboxylic acids is 1. The molecule has 102 valence electrons. The van der Waals surface area contributed by atoms with Gasteiger partial charge in [0.25, 0.3) is 0 Å². The summed E-state index contributed by atoms with van der Waals surface area (Å²) in [4.78, 5) is 18.5. The van der Waals surface area contributed by atoms with Gasteiger partial charge in [0, 0.05) is 31.7 Å². The van der Waals surface area contributed by atoms with Crippen LogP contribution in [0, 0.1) is 11.8 Å². The predicted octanol–water partition coefficient (Wildman–Crippen LogP) is 1.95. The fourth-order valence-corrected chi connectivity index (χ4v) is 2.66. The molecule has 2 unspecified atom stereocenters. The molecule has 0 radical (unpaired) electrons. The molecular formula is C15H21N3O. The Labute approximate surface area is 114 Å². The molecule has 1 saturated carbocycles. The maximum atomic E-state index is 11.7. The zero-order chi connectivity index (χ0) is 13.2. The third-order valence-corrected chi connectivity index (χ3v) is 4.15. The Morgan fingerprint density at radius 2 is 2.16 bits per heavy atom. The smallest absolute Gasteiger partial charge is 0.223 e. The number of rotatable bonds is 4. The van der Waals surface area contributed by atoms with Gasteiger partial charge in [-0.1, -0.05) is 13.0 Å². The molecule has 0 spiro atoms. The fraction of sp³-hybridized carbons (Fsp3) is 0.600. The van der Waals surface area contributed by atoms with Gasteiger partial charge in [-0.15, -0.1) is 0 Å². The fourth-order valence-electron chi connectivity index (χ4n) is 2.66. The molecule has 2 heterocycles. The maximum Gasteiger partial charge on any atom is 0.223 e. The molecule has 2 aliphatic rings. The first-order valence-corrected chi connectivity index (χ1v) is 7.21. The van der Waals surface area contributed by atoms with Crippen LogP contribution in [-0.4, -0.2) is 24.0 Å². The van der Waals surface area contributed by atoms with Crippen molar-refractivity contribution in [1.29, 1.82) is 0 Å². The van der Waals surface area contributed by atoms with Crippen LogP contribution in [0.1, 0.15) is 31.7 Å². The Kier molecular flexibility index (Phi) is 3.40. The van der Waals surface area contributed by atoms with Crippen LogP contribution >= 0.6 is 0 Å². The number of amides is 1. The Bertz CT molecular complexity index is 451. The summed E-state index contributed by atoms with van der Waals surface area (Å²) in [6.45, 7) is 4.94. The van der Waals surface area contributed by atoms with E-state index in [2.05, 4.69) is 34.3 Å². The number of hydrogen-bond donors (Lipinski definition) is 1. The van der Waals surface area contributed by atoms with Crippen LogP contribution in [0.3, 0.4) is 0 Å². The zero-order valence-electron chi connectivity index (χ0n) is 11.4. The van der Waals surface area contributed by atoms with Crippen LogP contribution in [-0.2, 0) is 11.3 Å². The molecular weight excluding hydrogens is 238 g/mol. The van der Waals surface area contributed by atoms with E-state index in [0.717, 1.165) is 30.9 Å². The first-order chi connectivity index (χ1) is 9.24. The third-order valence-electron chi connectivity index (χ3n) is 4.15. The van der Waals surface area contributed by atoms with Crippen molar-refractivity contribution in [3.8, 4) is 0 Å². The summed E-state index contributed by atoms with van der Waals surface area (Å²) in [6, 6.07) is 4.13. The lowest BCUT2D eigenvalue weighted by molar-refractivity contribution is -0.122. The van der Waals surface area contributed by atoms with Crippen LogP contribution in [0.25, 0.3) is 0 Å². The van der Waals surface area contributed by atoms with E-state index in [9.17, 15) is 4.79 Å². The summed E-state index contributed by atoms with van der Waals surface area (Å²) >= 11 is 0. The molecule has 1 aliphatic heterocycles. The lowest BCUT2D eigenvalue weighted by Crippen LogP contribution is -2.25. The standard InChI is InChI=1S/C15H21N3O/c1-11-8-13(11)15(19)17-10-12-4-5-14(16-9-12)18-6-2-3-7-18/h4-5,9,11,13H,2-3,6-8,10H2,1H3,(H,17,19). The average molecular weight is 259 g/mol. The van der Waals surface area contributed by atoms with E-state index in [4.69, 9.17) is 0 Å². The number of carbonyl (C=O) groups is 1. The molecule has 1 amide bonds. The van der Waals surface area contributed by atoms with Crippen molar-refractivity contribution >= 4 is 11.7 Å². The van der Waals surface area contributed by atoms with Crippen molar-refractivity contribution < 1.29 is 4.79 Å². The number of nitrogens with one attached hydrogen (secondary N) is 1. The van der Waals surface area contributed by atoms with Crippen molar-refractivity contribution in [2.75, 3.05) is 18.0 Å². The van der Waals surface area contributed by atoms with Crippen molar-refractivity contribution in [2.45, 2.75) is 32.7 Å². The molecule has 4 heteroatoms. The molecule has 2 atom stereocenters. The van der Waals surface area contributed by atoms with Gasteiger partial charge in [-0.3, -0.25) is 4.79 Å². The normalized spacial score (nSPS) is 25.4. The number of pyridine rings is 1. The third kappa shape index (κ3) is 2.88. The van der Waals surface area contributed by atoms with Gasteiger partial charge in [-0.25, -0.2) is 4.98 Å². The van der Waals surface area contributed by atoms with Crippen LogP contribution in [0.15, 0.2) is 18.3 Å². The molecule has 1 aliphatic carbocycles. The second-order valence-electron chi connectivity index (χ2n) is 5.76. The van der Waals surface area contributed by atoms with E-state index >= 15 is 0 Å². The van der Waals surface area contributed by atoms with Gasteiger partial charge in [0.05, 0.1) is 0 Å². The number of nitrogens with zero attached hydrogens (tertiary/aromatic N) is 2. The molecule has 0 bridgehead atoms. The Hall–Kier alpha value is -1.58. The van der Waals surface area contributed by atoms with Gasteiger partial charge in [-0.2, -0.15) is 0 Å². The van der Waals surface area contributed by atoms with Gasteiger partial charge in [0.2, 0.25) is 5.91 Å². The second-order valence-corrected chi connectivity index (χ2v) is 5.76. The lowest BCUT2D eigenvalue weighted by atomic mass is 10.2. The number of hydrogen-bond acceptors (Lipinski definition) is 3. The Morgan fingerprint density at radius 1 is 1.42 bits per heavy atom. The molecule has 1 N–H and O–H groups in total. The summed E-state index contributed by atoms with van der Waals surface area (Å²) in [5.41, 5.74) is 1.07. The van der Waals surface area contributed by atoms with Crippen LogP contribution in [0.5, 0.6) is 0 Å². The highest BCUT2D eigenvalue weighted by Gasteiger charge is 2.38. The van der Waals surface area contributed by atoms with Crippen molar-refractivity contribution in [1.82, 2.24) is 10.3 Å². The summed E-state index contributed by atoms with van der Waals surface area (Å²) < 4.78 is 0. The van der Waals surface area contributed by atoms with Crippen molar-refractivity contribution in [2.24, 2.45) is 11.8 Å². The quantitative estimate of drug-likeness (QED) is 0.899. The lowest BCUT2D eigenvalue weighted by Gasteiger charge is -2.16. The molecule has 2 fully saturated rings. The van der Waals surface area contributed by atoms with E-state index in [1.54, 1.807) is 0 Å². The highest BCUT2D eigenvalue weighted by molar-refractivity contribution is 5.81. The molecule has 1 saturated heterocycles. The van der Waals surface area contributed by atoms with Gasteiger partial charge in [0.15, 0.2) is 0 Å². The van der Waals surface area contributed by atoms with Gasteiger partial charge in [-0.05, 0) is 36.8 Å². The van der Waals surface area contributed by atoms with Crippen molar-refractivity contribution in [3.05, 3.63) is 23.9 Å². The van der Waals surface area contributed by atoms with Crippen LogP contribution in [0.4, 0.5) is 5.82 Å². The summed E-state index contributed by atoms with van der Waals surface area (Å²) in [5.74, 6) is 2.06. The monoisotopic (exact) mass is 259 g/mol. The second kappa shape index (κ2) is 5.19. The predicted molar refractivity (Wildman–Crippen MR) is 74.8 cm³/mol. The minimum absolute atomic E-state index is 0.191. The zero-order valence-corrected chi connectivity index (χ0v) is 11.4. The van der Waals surface area contributed by atoms with E-state index in [1.807, 2.05) is 6.20 Å². The highest BCUT2D eigenvalue weighted by atomic mass is 16.2. The topological polar surface area (TPSA) is 45.2 Å². The molecule has 19 heavy (non-hydrogen) atoms. The molecule has 1 aromatic heterocycles. The van der Waals surface area contributed by atoms with Gasteiger partial charge >= 0.3 is 0 Å². The van der Waals surface area contributed by atoms with E-state index in [0.29, 0.717) is 12.5 Å². The summed E-state index contributed by atoms with van der Waals surface area (Å²) in [5, 5.41) is 2.99. The maximum absolute atomic E-state index is 11.7. The van der Waals surface area contributed by atoms with E-state index in [1.165, 1.54) is 12.8 Å². The van der Waals surface area contributed by atoms with Crippen LogP contribution < -0.4 is 10.2 Å². The van der Waals surface area contributed by atoms with Gasteiger partial charge in [0.1, 0.15) is 5.82 Å².